The highest BCUT2D eigenvalue weighted by atomic mass is 16.5. The highest BCUT2D eigenvalue weighted by Crippen LogP contribution is 2.16. The predicted molar refractivity (Wildman–Crippen MR) is 77.3 cm³/mol. The third kappa shape index (κ3) is 4.19. The number of amides is 1. The molecule has 1 aliphatic heterocycles. The second-order valence-electron chi connectivity index (χ2n) is 5.05. The van der Waals surface area contributed by atoms with Gasteiger partial charge < -0.3 is 15.2 Å². The van der Waals surface area contributed by atoms with E-state index in [1.807, 2.05) is 36.1 Å². The Morgan fingerprint density at radius 3 is 2.95 bits per heavy atom. The molecular formula is C15H20N2O4. The standard InChI is InChI=1S/C15H20N2O4/c1-11-4-2-3-5-13(11)21-9-8-17-7-6-16-15(20)12(17)10-14(18)19/h2-5,12H,6-10H2,1H3,(H,16,20)(H,18,19). The molecule has 0 spiro atoms. The van der Waals surface area contributed by atoms with Crippen LogP contribution < -0.4 is 10.1 Å². The number of carboxylic acid groups (broad SMARTS) is 1. The zero-order chi connectivity index (χ0) is 15.2. The number of carboxylic acids is 1. The first-order chi connectivity index (χ1) is 10.1. The van der Waals surface area contributed by atoms with Gasteiger partial charge in [-0.15, -0.1) is 0 Å². The van der Waals surface area contributed by atoms with E-state index in [4.69, 9.17) is 9.84 Å². The molecule has 0 bridgehead atoms. The summed E-state index contributed by atoms with van der Waals surface area (Å²) in [6.07, 6.45) is -0.184. The fraction of sp³-hybridized carbons (Fsp3) is 0.467. The van der Waals surface area contributed by atoms with Crippen molar-refractivity contribution in [3.05, 3.63) is 29.8 Å². The fourth-order valence-corrected chi connectivity index (χ4v) is 2.41. The number of piperazine rings is 1. The van der Waals surface area contributed by atoms with Crippen molar-refractivity contribution >= 4 is 11.9 Å². The van der Waals surface area contributed by atoms with Crippen LogP contribution in [0.5, 0.6) is 5.75 Å². The number of rotatable bonds is 6. The van der Waals surface area contributed by atoms with E-state index in [2.05, 4.69) is 5.32 Å². The maximum atomic E-state index is 11.8. The van der Waals surface area contributed by atoms with E-state index in [0.29, 0.717) is 26.2 Å². The molecule has 1 heterocycles. The lowest BCUT2D eigenvalue weighted by Gasteiger charge is -2.34. The molecule has 1 atom stereocenters. The van der Waals surface area contributed by atoms with E-state index in [1.165, 1.54) is 0 Å². The van der Waals surface area contributed by atoms with Crippen LogP contribution in [0.25, 0.3) is 0 Å². The smallest absolute Gasteiger partial charge is 0.305 e. The van der Waals surface area contributed by atoms with Gasteiger partial charge in [-0.3, -0.25) is 14.5 Å². The summed E-state index contributed by atoms with van der Waals surface area (Å²) in [6.45, 7) is 4.10. The highest BCUT2D eigenvalue weighted by molar-refractivity contribution is 5.86. The monoisotopic (exact) mass is 292 g/mol. The van der Waals surface area contributed by atoms with E-state index in [-0.39, 0.29) is 12.3 Å². The third-order valence-corrected chi connectivity index (χ3v) is 3.54. The van der Waals surface area contributed by atoms with Crippen molar-refractivity contribution in [3.8, 4) is 5.75 Å². The molecule has 2 rings (SSSR count). The average Bonchev–Trinajstić information content (AvgIpc) is 2.44. The summed E-state index contributed by atoms with van der Waals surface area (Å²) in [6, 6.07) is 7.10. The van der Waals surface area contributed by atoms with Crippen LogP contribution >= 0.6 is 0 Å². The zero-order valence-corrected chi connectivity index (χ0v) is 12.0. The third-order valence-electron chi connectivity index (χ3n) is 3.54. The second-order valence-corrected chi connectivity index (χ2v) is 5.05. The number of para-hydroxylation sites is 1. The second kappa shape index (κ2) is 7.08. The molecular weight excluding hydrogens is 272 g/mol. The van der Waals surface area contributed by atoms with Crippen LogP contribution in [0.2, 0.25) is 0 Å². The molecule has 6 heteroatoms. The Morgan fingerprint density at radius 2 is 2.24 bits per heavy atom. The topological polar surface area (TPSA) is 78.9 Å². The first kappa shape index (κ1) is 15.3. The molecule has 1 aromatic carbocycles. The maximum absolute atomic E-state index is 11.8. The lowest BCUT2D eigenvalue weighted by atomic mass is 10.1. The van der Waals surface area contributed by atoms with Gasteiger partial charge in [0.1, 0.15) is 12.4 Å². The molecule has 6 nitrogen and oxygen atoms in total. The molecule has 1 aromatic rings. The Bertz CT molecular complexity index is 518. The number of hydrogen-bond acceptors (Lipinski definition) is 4. The minimum atomic E-state index is -0.970. The van der Waals surface area contributed by atoms with Crippen LogP contribution in [0.15, 0.2) is 24.3 Å². The van der Waals surface area contributed by atoms with Crippen molar-refractivity contribution < 1.29 is 19.4 Å². The first-order valence-electron chi connectivity index (χ1n) is 7.00. The molecule has 114 valence electrons. The van der Waals surface area contributed by atoms with Gasteiger partial charge in [-0.2, -0.15) is 0 Å². The number of aliphatic carboxylic acids is 1. The molecule has 21 heavy (non-hydrogen) atoms. The number of benzene rings is 1. The Hall–Kier alpha value is -2.08. The molecule has 1 saturated heterocycles. The molecule has 0 saturated carbocycles. The van der Waals surface area contributed by atoms with Gasteiger partial charge in [0.05, 0.1) is 12.5 Å². The molecule has 1 aliphatic rings. The van der Waals surface area contributed by atoms with E-state index in [1.54, 1.807) is 0 Å². The Kier molecular flexibility index (Phi) is 5.16. The summed E-state index contributed by atoms with van der Waals surface area (Å²) < 4.78 is 5.71. The Balaban J connectivity index is 1.89. The average molecular weight is 292 g/mol. The Labute approximate surface area is 123 Å². The van der Waals surface area contributed by atoms with E-state index in [9.17, 15) is 9.59 Å². The van der Waals surface area contributed by atoms with E-state index >= 15 is 0 Å². The van der Waals surface area contributed by atoms with Gasteiger partial charge in [0.15, 0.2) is 0 Å². The fourth-order valence-electron chi connectivity index (χ4n) is 2.41. The van der Waals surface area contributed by atoms with Crippen molar-refractivity contribution in [2.75, 3.05) is 26.2 Å². The number of carbonyl (C=O) groups is 2. The number of hydrogen-bond donors (Lipinski definition) is 2. The lowest BCUT2D eigenvalue weighted by Crippen LogP contribution is -2.56. The van der Waals surface area contributed by atoms with Crippen LogP contribution in [-0.2, 0) is 9.59 Å². The van der Waals surface area contributed by atoms with Gasteiger partial charge in [0.2, 0.25) is 5.91 Å². The molecule has 0 aromatic heterocycles. The van der Waals surface area contributed by atoms with Crippen molar-refractivity contribution in [3.63, 3.8) is 0 Å². The lowest BCUT2D eigenvalue weighted by molar-refractivity contribution is -0.143. The molecule has 0 aliphatic carbocycles. The van der Waals surface area contributed by atoms with E-state index in [0.717, 1.165) is 11.3 Å². The summed E-state index contributed by atoms with van der Waals surface area (Å²) in [5, 5.41) is 11.6. The summed E-state index contributed by atoms with van der Waals surface area (Å²) in [5.74, 6) is -0.379. The van der Waals surface area contributed by atoms with E-state index < -0.39 is 12.0 Å². The summed E-state index contributed by atoms with van der Waals surface area (Å²) in [7, 11) is 0. The number of nitrogens with one attached hydrogen (secondary N) is 1. The highest BCUT2D eigenvalue weighted by Gasteiger charge is 2.31. The number of carbonyl (C=O) groups excluding carboxylic acids is 1. The van der Waals surface area contributed by atoms with Crippen molar-refractivity contribution in [2.24, 2.45) is 0 Å². The zero-order valence-electron chi connectivity index (χ0n) is 12.0. The predicted octanol–water partition coefficient (Wildman–Crippen LogP) is 0.649. The quantitative estimate of drug-likeness (QED) is 0.805. The molecule has 1 amide bonds. The minimum absolute atomic E-state index is 0.184. The summed E-state index contributed by atoms with van der Waals surface area (Å²) in [4.78, 5) is 24.5. The molecule has 1 fully saturated rings. The number of nitrogens with zero attached hydrogens (tertiary/aromatic N) is 1. The van der Waals surface area contributed by atoms with Gasteiger partial charge in [0.25, 0.3) is 0 Å². The van der Waals surface area contributed by atoms with Gasteiger partial charge in [-0.25, -0.2) is 0 Å². The van der Waals surface area contributed by atoms with Gasteiger partial charge in [-0.05, 0) is 18.6 Å². The minimum Gasteiger partial charge on any atom is -0.492 e. The van der Waals surface area contributed by atoms with Crippen LogP contribution in [0.4, 0.5) is 0 Å². The van der Waals surface area contributed by atoms with Crippen LogP contribution in [0, 0.1) is 6.92 Å². The maximum Gasteiger partial charge on any atom is 0.305 e. The van der Waals surface area contributed by atoms with Crippen molar-refractivity contribution in [2.45, 2.75) is 19.4 Å². The number of ether oxygens (including phenoxy) is 1. The van der Waals surface area contributed by atoms with Gasteiger partial charge >= 0.3 is 5.97 Å². The SMILES string of the molecule is Cc1ccccc1OCCN1CCNC(=O)C1CC(=O)O. The number of aryl methyl sites for hydroxylation is 1. The van der Waals surface area contributed by atoms with Gasteiger partial charge in [-0.1, -0.05) is 18.2 Å². The van der Waals surface area contributed by atoms with Gasteiger partial charge in [0, 0.05) is 19.6 Å². The van der Waals surface area contributed by atoms with Crippen LogP contribution in [0.3, 0.4) is 0 Å². The van der Waals surface area contributed by atoms with Crippen molar-refractivity contribution in [1.29, 1.82) is 0 Å². The molecule has 1 unspecified atom stereocenters. The normalized spacial score (nSPS) is 19.1. The molecule has 0 radical (unpaired) electrons. The molecule has 2 N–H and O–H groups in total. The Morgan fingerprint density at radius 1 is 1.48 bits per heavy atom. The van der Waals surface area contributed by atoms with Crippen molar-refractivity contribution in [1.82, 2.24) is 10.2 Å². The summed E-state index contributed by atoms with van der Waals surface area (Å²) >= 11 is 0. The van der Waals surface area contributed by atoms with Crippen LogP contribution in [-0.4, -0.2) is 54.2 Å². The van der Waals surface area contributed by atoms with Crippen LogP contribution in [0.1, 0.15) is 12.0 Å². The largest absolute Gasteiger partial charge is 0.492 e. The summed E-state index contributed by atoms with van der Waals surface area (Å²) in [5.41, 5.74) is 1.05. The first-order valence-corrected chi connectivity index (χ1v) is 7.00.